The summed E-state index contributed by atoms with van der Waals surface area (Å²) in [5, 5.41) is 6.27. The van der Waals surface area contributed by atoms with Crippen molar-refractivity contribution in [2.24, 2.45) is 5.73 Å². The van der Waals surface area contributed by atoms with Gasteiger partial charge in [0.2, 0.25) is 11.8 Å². The molecule has 0 aliphatic heterocycles. The number of hydrogen-bond acceptors (Lipinski definition) is 5. The molecule has 0 saturated heterocycles. The summed E-state index contributed by atoms with van der Waals surface area (Å²) in [7, 11) is 0. The fourth-order valence-corrected chi connectivity index (χ4v) is 3.08. The zero-order valence-corrected chi connectivity index (χ0v) is 14.1. The van der Waals surface area contributed by atoms with Crippen molar-refractivity contribution in [3.05, 3.63) is 45.4 Å². The smallest absolute Gasteiger partial charge is 0.245 e. The van der Waals surface area contributed by atoms with Gasteiger partial charge in [-0.05, 0) is 18.6 Å². The van der Waals surface area contributed by atoms with E-state index in [9.17, 15) is 9.59 Å². The average Bonchev–Trinajstić information content (AvgIpc) is 2.86. The summed E-state index contributed by atoms with van der Waals surface area (Å²) in [6.45, 7) is 1.61. The van der Waals surface area contributed by atoms with Gasteiger partial charge in [-0.2, -0.15) is 0 Å². The van der Waals surface area contributed by atoms with Gasteiger partial charge in [0.1, 0.15) is 0 Å². The molecule has 6 nitrogen and oxygen atoms in total. The number of hydrogen-bond donors (Lipinski definition) is 3. The first kappa shape index (κ1) is 17.4. The molecular weight excluding hydrogens is 336 g/mol. The van der Waals surface area contributed by atoms with Gasteiger partial charge < -0.3 is 16.4 Å². The number of benzene rings is 1. The van der Waals surface area contributed by atoms with E-state index in [0.29, 0.717) is 16.6 Å². The normalized spacial score (nSPS) is 10.4. The van der Waals surface area contributed by atoms with Gasteiger partial charge in [-0.3, -0.25) is 9.59 Å². The Hall–Kier alpha value is -1.96. The van der Waals surface area contributed by atoms with Crippen molar-refractivity contribution in [2.45, 2.75) is 13.3 Å². The fraction of sp³-hybridized carbons (Fsp3) is 0.267. The second-order valence-corrected chi connectivity index (χ2v) is 6.32. The van der Waals surface area contributed by atoms with E-state index in [-0.39, 0.29) is 24.9 Å². The molecule has 0 aliphatic rings. The highest BCUT2D eigenvalue weighted by atomic mass is 35.5. The number of aryl methyl sites for hydroxylation is 1. The number of carbonyl (C=O) groups excluding carboxylic acids is 2. The van der Waals surface area contributed by atoms with Gasteiger partial charge in [0.15, 0.2) is 5.13 Å². The summed E-state index contributed by atoms with van der Waals surface area (Å²) < 4.78 is 0. The van der Waals surface area contributed by atoms with Gasteiger partial charge in [0, 0.05) is 16.3 Å². The van der Waals surface area contributed by atoms with E-state index in [1.165, 1.54) is 11.3 Å². The van der Waals surface area contributed by atoms with Crippen LogP contribution in [0.3, 0.4) is 0 Å². The van der Waals surface area contributed by atoms with E-state index in [0.717, 1.165) is 16.1 Å². The number of nitrogens with zero attached hydrogens (tertiary/aromatic N) is 1. The van der Waals surface area contributed by atoms with E-state index in [1.54, 1.807) is 0 Å². The second kappa shape index (κ2) is 8.05. The molecule has 1 heterocycles. The van der Waals surface area contributed by atoms with E-state index in [1.807, 2.05) is 31.2 Å². The van der Waals surface area contributed by atoms with Crippen LogP contribution in [-0.4, -0.2) is 29.9 Å². The Bertz CT molecular complexity index is 717. The summed E-state index contributed by atoms with van der Waals surface area (Å²) in [5.74, 6) is -0.722. The summed E-state index contributed by atoms with van der Waals surface area (Å²) in [6, 6.07) is 7.62. The molecular formula is C15H17ClN4O2S. The summed E-state index contributed by atoms with van der Waals surface area (Å²) >= 11 is 7.56. The molecule has 23 heavy (non-hydrogen) atoms. The maximum atomic E-state index is 11.7. The maximum absolute atomic E-state index is 11.7. The number of rotatable bonds is 6. The van der Waals surface area contributed by atoms with Gasteiger partial charge >= 0.3 is 0 Å². The van der Waals surface area contributed by atoms with E-state index >= 15 is 0 Å². The minimum absolute atomic E-state index is 0.130. The van der Waals surface area contributed by atoms with Crippen LogP contribution in [0, 0.1) is 6.92 Å². The predicted octanol–water partition coefficient (Wildman–Crippen LogP) is 1.71. The molecule has 4 N–H and O–H groups in total. The first-order valence-electron chi connectivity index (χ1n) is 6.96. The Morgan fingerprint density at radius 3 is 2.74 bits per heavy atom. The Balaban J connectivity index is 1.99. The molecule has 0 fully saturated rings. The van der Waals surface area contributed by atoms with Crippen molar-refractivity contribution in [1.82, 2.24) is 10.3 Å². The van der Waals surface area contributed by atoms with E-state index in [2.05, 4.69) is 15.6 Å². The van der Waals surface area contributed by atoms with Crippen LogP contribution in [-0.2, 0) is 16.0 Å². The van der Waals surface area contributed by atoms with Gasteiger partial charge in [-0.15, -0.1) is 11.3 Å². The minimum atomic E-state index is -0.380. The molecule has 2 aromatic rings. The third-order valence-corrected chi connectivity index (χ3v) is 4.52. The number of halogens is 1. The van der Waals surface area contributed by atoms with Crippen molar-refractivity contribution in [1.29, 1.82) is 0 Å². The highest BCUT2D eigenvalue weighted by Gasteiger charge is 2.12. The number of thiazole rings is 1. The lowest BCUT2D eigenvalue weighted by Crippen LogP contribution is -2.36. The Kier molecular flexibility index (Phi) is 6.09. The van der Waals surface area contributed by atoms with Crippen LogP contribution in [0.2, 0.25) is 5.02 Å². The quantitative estimate of drug-likeness (QED) is 0.737. The molecule has 0 spiro atoms. The number of nitrogens with two attached hydrogens (primary N) is 1. The zero-order chi connectivity index (χ0) is 16.8. The fourth-order valence-electron chi connectivity index (χ4n) is 1.87. The molecule has 0 saturated carbocycles. The molecule has 0 atom stereocenters. The van der Waals surface area contributed by atoms with Crippen molar-refractivity contribution in [3.8, 4) is 0 Å². The summed E-state index contributed by atoms with van der Waals surface area (Å²) in [4.78, 5) is 28.1. The Morgan fingerprint density at radius 1 is 1.30 bits per heavy atom. The number of anilines is 1. The Morgan fingerprint density at radius 2 is 2.04 bits per heavy atom. The molecule has 0 bridgehead atoms. The first-order chi connectivity index (χ1) is 11.0. The van der Waals surface area contributed by atoms with E-state index in [4.69, 9.17) is 17.3 Å². The maximum Gasteiger partial charge on any atom is 0.245 e. The largest absolute Gasteiger partial charge is 0.346 e. The van der Waals surface area contributed by atoms with Crippen molar-refractivity contribution in [3.63, 3.8) is 0 Å². The van der Waals surface area contributed by atoms with Crippen LogP contribution in [0.15, 0.2) is 24.3 Å². The van der Waals surface area contributed by atoms with Crippen LogP contribution in [0.25, 0.3) is 0 Å². The number of amides is 2. The molecule has 0 unspecified atom stereocenters. The van der Waals surface area contributed by atoms with Crippen LogP contribution in [0.5, 0.6) is 0 Å². The van der Waals surface area contributed by atoms with Crippen LogP contribution in [0.4, 0.5) is 5.13 Å². The molecule has 8 heteroatoms. The third kappa shape index (κ3) is 5.02. The van der Waals surface area contributed by atoms with Crippen LogP contribution in [0.1, 0.15) is 16.1 Å². The SMILES string of the molecule is Cc1nc(NC(=O)CNC(=O)CN)sc1Cc1ccccc1Cl. The van der Waals surface area contributed by atoms with Crippen molar-refractivity contribution < 1.29 is 9.59 Å². The van der Waals surface area contributed by atoms with Crippen LogP contribution >= 0.6 is 22.9 Å². The minimum Gasteiger partial charge on any atom is -0.346 e. The average molecular weight is 353 g/mol. The second-order valence-electron chi connectivity index (χ2n) is 4.82. The molecule has 122 valence electrons. The van der Waals surface area contributed by atoms with Gasteiger partial charge in [-0.1, -0.05) is 29.8 Å². The number of carbonyl (C=O) groups is 2. The van der Waals surface area contributed by atoms with Gasteiger partial charge in [0.05, 0.1) is 18.8 Å². The monoisotopic (exact) mass is 352 g/mol. The Labute approximate surface area is 143 Å². The number of nitrogens with one attached hydrogen (secondary N) is 2. The third-order valence-electron chi connectivity index (χ3n) is 3.08. The standard InChI is InChI=1S/C15H17ClN4O2S/c1-9-12(6-10-4-2-3-5-11(10)16)23-15(19-9)20-14(22)8-18-13(21)7-17/h2-5H,6-8,17H2,1H3,(H,18,21)(H,19,20,22). The highest BCUT2D eigenvalue weighted by Crippen LogP contribution is 2.27. The van der Waals surface area contributed by atoms with E-state index < -0.39 is 0 Å². The molecule has 1 aromatic heterocycles. The molecule has 0 radical (unpaired) electrons. The topological polar surface area (TPSA) is 97.1 Å². The molecule has 2 amide bonds. The summed E-state index contributed by atoms with van der Waals surface area (Å²) in [5.41, 5.74) is 7.01. The molecule has 2 rings (SSSR count). The van der Waals surface area contributed by atoms with Gasteiger partial charge in [0.25, 0.3) is 0 Å². The molecule has 0 aliphatic carbocycles. The first-order valence-corrected chi connectivity index (χ1v) is 8.15. The van der Waals surface area contributed by atoms with Crippen molar-refractivity contribution >= 4 is 39.9 Å². The lowest BCUT2D eigenvalue weighted by Gasteiger charge is -2.03. The van der Waals surface area contributed by atoms with Gasteiger partial charge in [-0.25, -0.2) is 4.98 Å². The lowest BCUT2D eigenvalue weighted by atomic mass is 10.1. The summed E-state index contributed by atoms with van der Waals surface area (Å²) in [6.07, 6.45) is 0.656. The predicted molar refractivity (Wildman–Crippen MR) is 91.8 cm³/mol. The highest BCUT2D eigenvalue weighted by molar-refractivity contribution is 7.15. The number of aromatic nitrogens is 1. The lowest BCUT2D eigenvalue weighted by molar-refractivity contribution is -0.123. The zero-order valence-electron chi connectivity index (χ0n) is 12.6. The van der Waals surface area contributed by atoms with Crippen LogP contribution < -0.4 is 16.4 Å². The van der Waals surface area contributed by atoms with Crippen molar-refractivity contribution in [2.75, 3.05) is 18.4 Å². The molecule has 1 aromatic carbocycles.